The summed E-state index contributed by atoms with van der Waals surface area (Å²) in [5.41, 5.74) is 6.17. The smallest absolute Gasteiger partial charge is 0.426 e. The molecule has 1 aromatic rings. The summed E-state index contributed by atoms with van der Waals surface area (Å²) < 4.78 is 48.1. The minimum atomic E-state index is -4.52. The Hall–Kier alpha value is -1.43. The van der Waals surface area contributed by atoms with Gasteiger partial charge < -0.3 is 15.2 Å². The predicted octanol–water partition coefficient (Wildman–Crippen LogP) is 2.66. The van der Waals surface area contributed by atoms with Crippen LogP contribution in [0.3, 0.4) is 0 Å². The molecule has 0 spiro atoms. The molecule has 6 heteroatoms. The largest absolute Gasteiger partial charge is 0.493 e. The number of alkyl halides is 3. The number of halogens is 3. The van der Waals surface area contributed by atoms with E-state index in [2.05, 4.69) is 0 Å². The quantitative estimate of drug-likeness (QED) is 0.908. The first-order chi connectivity index (χ1) is 8.25. The Balaban J connectivity index is 3.01. The SMILES string of the molecule is COc1cc(C)ccc1OC(C(C)N)C(F)(F)F. The van der Waals surface area contributed by atoms with Crippen molar-refractivity contribution in [2.75, 3.05) is 7.11 Å². The molecule has 0 fully saturated rings. The number of aryl methyl sites for hydroxylation is 1. The first-order valence-electron chi connectivity index (χ1n) is 5.39. The molecular weight excluding hydrogens is 247 g/mol. The molecule has 0 heterocycles. The third kappa shape index (κ3) is 3.53. The molecule has 2 unspecified atom stereocenters. The molecule has 18 heavy (non-hydrogen) atoms. The van der Waals surface area contributed by atoms with Crippen molar-refractivity contribution in [3.05, 3.63) is 23.8 Å². The molecule has 0 aliphatic heterocycles. The summed E-state index contributed by atoms with van der Waals surface area (Å²) in [6, 6.07) is 3.52. The number of hydrogen-bond acceptors (Lipinski definition) is 3. The highest BCUT2D eigenvalue weighted by Crippen LogP contribution is 2.33. The Labute approximate surface area is 104 Å². The minimum Gasteiger partial charge on any atom is -0.493 e. The molecule has 0 saturated heterocycles. The van der Waals surface area contributed by atoms with E-state index < -0.39 is 18.3 Å². The summed E-state index contributed by atoms with van der Waals surface area (Å²) in [7, 11) is 1.37. The summed E-state index contributed by atoms with van der Waals surface area (Å²) in [5.74, 6) is 0.285. The molecule has 0 amide bonds. The highest BCUT2D eigenvalue weighted by atomic mass is 19.4. The van der Waals surface area contributed by atoms with Gasteiger partial charge in [-0.2, -0.15) is 13.2 Å². The van der Waals surface area contributed by atoms with Gasteiger partial charge in [0, 0.05) is 6.04 Å². The van der Waals surface area contributed by atoms with Gasteiger partial charge in [0.15, 0.2) is 11.5 Å². The van der Waals surface area contributed by atoms with Crippen LogP contribution in [0.2, 0.25) is 0 Å². The summed E-state index contributed by atoms with van der Waals surface area (Å²) in [4.78, 5) is 0. The standard InChI is InChI=1S/C12H16F3NO2/c1-7-4-5-9(10(6-7)17-3)18-11(8(2)16)12(13,14)15/h4-6,8,11H,16H2,1-3H3. The van der Waals surface area contributed by atoms with Gasteiger partial charge in [-0.05, 0) is 31.5 Å². The molecule has 0 radical (unpaired) electrons. The fourth-order valence-electron chi connectivity index (χ4n) is 1.48. The molecule has 0 bridgehead atoms. The van der Waals surface area contributed by atoms with E-state index >= 15 is 0 Å². The van der Waals surface area contributed by atoms with Crippen molar-refractivity contribution >= 4 is 0 Å². The van der Waals surface area contributed by atoms with Crippen LogP contribution in [-0.2, 0) is 0 Å². The lowest BCUT2D eigenvalue weighted by molar-refractivity contribution is -0.199. The summed E-state index contributed by atoms with van der Waals surface area (Å²) in [6.45, 7) is 3.05. The molecule has 2 atom stereocenters. The Bertz CT molecular complexity index is 405. The second-order valence-corrected chi connectivity index (χ2v) is 4.09. The highest BCUT2D eigenvalue weighted by Gasteiger charge is 2.44. The molecule has 3 nitrogen and oxygen atoms in total. The third-order valence-corrected chi connectivity index (χ3v) is 2.37. The van der Waals surface area contributed by atoms with Crippen molar-refractivity contribution in [3.8, 4) is 11.5 Å². The summed E-state index contributed by atoms with van der Waals surface area (Å²) in [6.07, 6.45) is -6.58. The van der Waals surface area contributed by atoms with E-state index in [0.717, 1.165) is 5.56 Å². The molecular formula is C12H16F3NO2. The van der Waals surface area contributed by atoms with Crippen LogP contribution in [0.15, 0.2) is 18.2 Å². The average molecular weight is 263 g/mol. The lowest BCUT2D eigenvalue weighted by Gasteiger charge is -2.25. The number of methoxy groups -OCH3 is 1. The maximum atomic E-state index is 12.7. The van der Waals surface area contributed by atoms with Crippen molar-refractivity contribution in [1.82, 2.24) is 0 Å². The first kappa shape index (κ1) is 14.6. The van der Waals surface area contributed by atoms with Crippen molar-refractivity contribution in [2.45, 2.75) is 32.2 Å². The Morgan fingerprint density at radius 3 is 2.28 bits per heavy atom. The van der Waals surface area contributed by atoms with E-state index in [9.17, 15) is 13.2 Å². The lowest BCUT2D eigenvalue weighted by Crippen LogP contribution is -2.47. The average Bonchev–Trinajstić information content (AvgIpc) is 2.24. The van der Waals surface area contributed by atoms with Crippen molar-refractivity contribution < 1.29 is 22.6 Å². The van der Waals surface area contributed by atoms with Crippen molar-refractivity contribution in [3.63, 3.8) is 0 Å². The number of benzene rings is 1. The molecule has 0 aromatic heterocycles. The monoisotopic (exact) mass is 263 g/mol. The topological polar surface area (TPSA) is 44.5 Å². The molecule has 0 aliphatic carbocycles. The van der Waals surface area contributed by atoms with Crippen LogP contribution in [0.1, 0.15) is 12.5 Å². The zero-order valence-electron chi connectivity index (χ0n) is 10.4. The first-order valence-corrected chi connectivity index (χ1v) is 5.39. The van der Waals surface area contributed by atoms with Crippen LogP contribution in [0, 0.1) is 6.92 Å². The number of rotatable bonds is 4. The number of ether oxygens (including phenoxy) is 2. The van der Waals surface area contributed by atoms with Crippen LogP contribution < -0.4 is 15.2 Å². The van der Waals surface area contributed by atoms with Gasteiger partial charge in [0.2, 0.25) is 6.10 Å². The Morgan fingerprint density at radius 2 is 1.83 bits per heavy atom. The zero-order valence-corrected chi connectivity index (χ0v) is 10.4. The van der Waals surface area contributed by atoms with E-state index in [1.165, 1.54) is 20.1 Å². The molecule has 102 valence electrons. The molecule has 1 aromatic carbocycles. The number of nitrogens with two attached hydrogens (primary N) is 1. The Kier molecular flexibility index (Phi) is 4.45. The van der Waals surface area contributed by atoms with Crippen LogP contribution in [-0.4, -0.2) is 25.4 Å². The van der Waals surface area contributed by atoms with Crippen LogP contribution in [0.25, 0.3) is 0 Å². The molecule has 0 saturated carbocycles. The van der Waals surface area contributed by atoms with Gasteiger partial charge >= 0.3 is 6.18 Å². The fraction of sp³-hybridized carbons (Fsp3) is 0.500. The summed E-state index contributed by atoms with van der Waals surface area (Å²) >= 11 is 0. The van der Waals surface area contributed by atoms with E-state index in [1.54, 1.807) is 19.1 Å². The van der Waals surface area contributed by atoms with Gasteiger partial charge in [-0.1, -0.05) is 6.07 Å². The lowest BCUT2D eigenvalue weighted by atomic mass is 10.2. The van der Waals surface area contributed by atoms with E-state index in [1.807, 2.05) is 0 Å². The fourth-order valence-corrected chi connectivity index (χ4v) is 1.48. The maximum absolute atomic E-state index is 12.7. The molecule has 2 N–H and O–H groups in total. The van der Waals surface area contributed by atoms with E-state index in [0.29, 0.717) is 0 Å². The van der Waals surface area contributed by atoms with Gasteiger partial charge in [0.1, 0.15) is 0 Å². The second-order valence-electron chi connectivity index (χ2n) is 4.09. The van der Waals surface area contributed by atoms with Crippen molar-refractivity contribution in [2.24, 2.45) is 5.73 Å². The van der Waals surface area contributed by atoms with E-state index in [4.69, 9.17) is 15.2 Å². The van der Waals surface area contributed by atoms with Gasteiger partial charge in [0.25, 0.3) is 0 Å². The third-order valence-electron chi connectivity index (χ3n) is 2.37. The van der Waals surface area contributed by atoms with Crippen LogP contribution in [0.5, 0.6) is 11.5 Å². The maximum Gasteiger partial charge on any atom is 0.426 e. The van der Waals surface area contributed by atoms with Crippen molar-refractivity contribution in [1.29, 1.82) is 0 Å². The van der Waals surface area contributed by atoms with E-state index in [-0.39, 0.29) is 11.5 Å². The van der Waals surface area contributed by atoms with Gasteiger partial charge in [0.05, 0.1) is 7.11 Å². The Morgan fingerprint density at radius 1 is 1.22 bits per heavy atom. The second kappa shape index (κ2) is 5.48. The van der Waals surface area contributed by atoms with Gasteiger partial charge in [-0.25, -0.2) is 0 Å². The van der Waals surface area contributed by atoms with Gasteiger partial charge in [-0.15, -0.1) is 0 Å². The normalized spacial score (nSPS) is 15.1. The van der Waals surface area contributed by atoms with Crippen LogP contribution in [0.4, 0.5) is 13.2 Å². The molecule has 1 rings (SSSR count). The molecule has 0 aliphatic rings. The number of hydrogen-bond donors (Lipinski definition) is 1. The predicted molar refractivity (Wildman–Crippen MR) is 61.9 cm³/mol. The minimum absolute atomic E-state index is 0.0303. The zero-order chi connectivity index (χ0) is 13.9. The highest BCUT2D eigenvalue weighted by molar-refractivity contribution is 5.42. The van der Waals surface area contributed by atoms with Crippen LogP contribution >= 0.6 is 0 Å². The van der Waals surface area contributed by atoms with Gasteiger partial charge in [-0.3, -0.25) is 0 Å². The summed E-state index contributed by atoms with van der Waals surface area (Å²) in [5, 5.41) is 0.